The van der Waals surface area contributed by atoms with E-state index in [0.717, 1.165) is 19.4 Å². The quantitative estimate of drug-likeness (QED) is 0.510. The van der Waals surface area contributed by atoms with E-state index in [9.17, 15) is 4.39 Å². The van der Waals surface area contributed by atoms with Crippen molar-refractivity contribution in [2.75, 3.05) is 51.6 Å². The molecule has 6 heteroatoms. The molecule has 1 rings (SSSR count). The van der Waals surface area contributed by atoms with Gasteiger partial charge < -0.3 is 25.3 Å². The topological polar surface area (TPSA) is 65.7 Å². The van der Waals surface area contributed by atoms with E-state index < -0.39 is 5.82 Å². The molecule has 0 saturated carbocycles. The molecule has 0 radical (unpaired) electrons. The van der Waals surface area contributed by atoms with Gasteiger partial charge >= 0.3 is 0 Å². The van der Waals surface area contributed by atoms with Crippen LogP contribution in [0.25, 0.3) is 0 Å². The monoisotopic (exact) mass is 286 g/mol. The van der Waals surface area contributed by atoms with Crippen molar-refractivity contribution in [3.8, 4) is 5.75 Å². The van der Waals surface area contributed by atoms with E-state index in [1.165, 1.54) is 13.2 Å². The number of anilines is 2. The van der Waals surface area contributed by atoms with E-state index in [-0.39, 0.29) is 5.75 Å². The maximum absolute atomic E-state index is 13.4. The first kappa shape index (κ1) is 16.5. The molecular formula is C14H23FN2O3. The third-order valence-corrected chi connectivity index (χ3v) is 2.79. The van der Waals surface area contributed by atoms with Gasteiger partial charge in [0.25, 0.3) is 0 Å². The highest BCUT2D eigenvalue weighted by atomic mass is 19.1. The lowest BCUT2D eigenvalue weighted by Crippen LogP contribution is -2.07. The van der Waals surface area contributed by atoms with Gasteiger partial charge in [0.1, 0.15) is 0 Å². The Balaban J connectivity index is 2.25. The number of nitrogens with one attached hydrogen (secondary N) is 1. The molecule has 114 valence electrons. The summed E-state index contributed by atoms with van der Waals surface area (Å²) in [5.74, 6) is -0.272. The van der Waals surface area contributed by atoms with Gasteiger partial charge in [0.15, 0.2) is 11.6 Å². The number of nitrogen functional groups attached to an aromatic ring is 1. The van der Waals surface area contributed by atoms with Gasteiger partial charge in [-0.2, -0.15) is 0 Å². The van der Waals surface area contributed by atoms with Crippen LogP contribution in [-0.2, 0) is 9.47 Å². The molecule has 0 aliphatic carbocycles. The lowest BCUT2D eigenvalue weighted by atomic mass is 10.2. The summed E-state index contributed by atoms with van der Waals surface area (Å²) in [7, 11) is 3.07. The Hall–Kier alpha value is -1.53. The molecule has 0 saturated heterocycles. The SMILES string of the molecule is COCCOCCCCNc1cc(OC)c(F)cc1N. The van der Waals surface area contributed by atoms with E-state index in [1.54, 1.807) is 13.2 Å². The lowest BCUT2D eigenvalue weighted by molar-refractivity contribution is 0.0691. The van der Waals surface area contributed by atoms with Crippen molar-refractivity contribution in [2.45, 2.75) is 12.8 Å². The number of hydrogen-bond acceptors (Lipinski definition) is 5. The maximum atomic E-state index is 13.4. The summed E-state index contributed by atoms with van der Waals surface area (Å²) in [5, 5.41) is 3.17. The number of halogens is 1. The molecule has 0 aromatic heterocycles. The van der Waals surface area contributed by atoms with Crippen molar-refractivity contribution in [2.24, 2.45) is 0 Å². The summed E-state index contributed by atoms with van der Waals surface area (Å²) in [6, 6.07) is 2.83. The van der Waals surface area contributed by atoms with Crippen LogP contribution in [-0.4, -0.2) is 40.6 Å². The minimum atomic E-state index is -0.456. The van der Waals surface area contributed by atoms with Crippen LogP contribution in [0.4, 0.5) is 15.8 Å². The van der Waals surface area contributed by atoms with Crippen molar-refractivity contribution in [1.82, 2.24) is 0 Å². The normalized spacial score (nSPS) is 10.6. The predicted octanol–water partition coefficient (Wildman–Crippen LogP) is 2.27. The number of nitrogens with two attached hydrogens (primary N) is 1. The molecule has 1 aromatic rings. The summed E-state index contributed by atoms with van der Waals surface area (Å²) in [6.07, 6.45) is 1.88. The van der Waals surface area contributed by atoms with Gasteiger partial charge in [0.2, 0.25) is 0 Å². The molecule has 0 unspecified atom stereocenters. The molecule has 5 nitrogen and oxygen atoms in total. The van der Waals surface area contributed by atoms with Crippen LogP contribution in [0.3, 0.4) is 0 Å². The summed E-state index contributed by atoms with van der Waals surface area (Å²) < 4.78 is 28.5. The summed E-state index contributed by atoms with van der Waals surface area (Å²) in [5.41, 5.74) is 6.80. The Morgan fingerprint density at radius 2 is 1.95 bits per heavy atom. The average Bonchev–Trinajstić information content (AvgIpc) is 2.43. The molecule has 0 aliphatic heterocycles. The third kappa shape index (κ3) is 5.63. The first-order valence-corrected chi connectivity index (χ1v) is 6.62. The summed E-state index contributed by atoms with van der Waals surface area (Å²) in [4.78, 5) is 0. The van der Waals surface area contributed by atoms with Crippen molar-refractivity contribution < 1.29 is 18.6 Å². The second-order valence-electron chi connectivity index (χ2n) is 4.31. The maximum Gasteiger partial charge on any atom is 0.167 e. The Morgan fingerprint density at radius 1 is 1.15 bits per heavy atom. The predicted molar refractivity (Wildman–Crippen MR) is 77.8 cm³/mol. The second-order valence-corrected chi connectivity index (χ2v) is 4.31. The summed E-state index contributed by atoms with van der Waals surface area (Å²) in [6.45, 7) is 2.68. The highest BCUT2D eigenvalue weighted by Gasteiger charge is 2.07. The van der Waals surface area contributed by atoms with Gasteiger partial charge in [-0.15, -0.1) is 0 Å². The molecule has 0 heterocycles. The van der Waals surface area contributed by atoms with Crippen LogP contribution in [0.2, 0.25) is 0 Å². The zero-order valence-corrected chi connectivity index (χ0v) is 12.1. The number of methoxy groups -OCH3 is 2. The zero-order valence-electron chi connectivity index (χ0n) is 12.1. The molecule has 0 fully saturated rings. The fraction of sp³-hybridized carbons (Fsp3) is 0.571. The molecule has 0 amide bonds. The number of ether oxygens (including phenoxy) is 3. The van der Waals surface area contributed by atoms with E-state index >= 15 is 0 Å². The number of rotatable bonds is 10. The van der Waals surface area contributed by atoms with Crippen LogP contribution in [0.15, 0.2) is 12.1 Å². The highest BCUT2D eigenvalue weighted by Crippen LogP contribution is 2.27. The van der Waals surface area contributed by atoms with Gasteiger partial charge in [-0.1, -0.05) is 0 Å². The Morgan fingerprint density at radius 3 is 2.65 bits per heavy atom. The minimum Gasteiger partial charge on any atom is -0.494 e. The molecule has 20 heavy (non-hydrogen) atoms. The lowest BCUT2D eigenvalue weighted by Gasteiger charge is -2.11. The standard InChI is InChI=1S/C14H23FN2O3/c1-18-7-8-20-6-4-3-5-17-13-10-14(19-2)11(15)9-12(13)16/h9-10,17H,3-8,16H2,1-2H3. The van der Waals surface area contributed by atoms with Crippen molar-refractivity contribution in [1.29, 1.82) is 0 Å². The zero-order chi connectivity index (χ0) is 14.8. The van der Waals surface area contributed by atoms with Gasteiger partial charge in [-0.25, -0.2) is 4.39 Å². The molecule has 0 atom stereocenters. The van der Waals surface area contributed by atoms with Gasteiger partial charge in [0, 0.05) is 32.4 Å². The molecule has 3 N–H and O–H groups in total. The van der Waals surface area contributed by atoms with Crippen LogP contribution in [0.5, 0.6) is 5.75 Å². The second kappa shape index (κ2) is 9.39. The minimum absolute atomic E-state index is 0.185. The first-order chi connectivity index (χ1) is 9.69. The van der Waals surface area contributed by atoms with E-state index in [4.69, 9.17) is 19.9 Å². The third-order valence-electron chi connectivity index (χ3n) is 2.79. The number of unbranched alkanes of at least 4 members (excludes halogenated alkanes) is 1. The fourth-order valence-corrected chi connectivity index (χ4v) is 1.67. The van der Waals surface area contributed by atoms with Gasteiger partial charge in [0.05, 0.1) is 31.7 Å². The molecular weight excluding hydrogens is 263 g/mol. The molecule has 0 aliphatic rings. The Bertz CT molecular complexity index is 402. The molecule has 0 bridgehead atoms. The van der Waals surface area contributed by atoms with E-state index in [1.807, 2.05) is 0 Å². The van der Waals surface area contributed by atoms with Gasteiger partial charge in [-0.05, 0) is 12.8 Å². The average molecular weight is 286 g/mol. The largest absolute Gasteiger partial charge is 0.494 e. The fourth-order valence-electron chi connectivity index (χ4n) is 1.67. The molecule has 1 aromatic carbocycles. The van der Waals surface area contributed by atoms with Crippen molar-refractivity contribution in [3.63, 3.8) is 0 Å². The summed E-state index contributed by atoms with van der Waals surface area (Å²) >= 11 is 0. The highest BCUT2D eigenvalue weighted by molar-refractivity contribution is 5.68. The van der Waals surface area contributed by atoms with Crippen LogP contribution in [0, 0.1) is 5.82 Å². The number of benzene rings is 1. The van der Waals surface area contributed by atoms with Crippen molar-refractivity contribution >= 4 is 11.4 Å². The first-order valence-electron chi connectivity index (χ1n) is 6.62. The van der Waals surface area contributed by atoms with E-state index in [2.05, 4.69) is 5.32 Å². The van der Waals surface area contributed by atoms with Crippen LogP contribution in [0.1, 0.15) is 12.8 Å². The van der Waals surface area contributed by atoms with Crippen LogP contribution < -0.4 is 15.8 Å². The van der Waals surface area contributed by atoms with Crippen molar-refractivity contribution in [3.05, 3.63) is 17.9 Å². The smallest absolute Gasteiger partial charge is 0.167 e. The van der Waals surface area contributed by atoms with Gasteiger partial charge in [-0.3, -0.25) is 0 Å². The molecule has 0 spiro atoms. The van der Waals surface area contributed by atoms with Crippen LogP contribution >= 0.6 is 0 Å². The van der Waals surface area contributed by atoms with E-state index in [0.29, 0.717) is 31.2 Å². The Kier molecular flexibility index (Phi) is 7.75. The number of hydrogen-bond donors (Lipinski definition) is 2. The Labute approximate surface area is 119 Å².